The summed E-state index contributed by atoms with van der Waals surface area (Å²) in [6, 6.07) is 14.9. The summed E-state index contributed by atoms with van der Waals surface area (Å²) in [7, 11) is 3.94. The molecule has 0 radical (unpaired) electrons. The van der Waals surface area contributed by atoms with Crippen molar-refractivity contribution in [2.75, 3.05) is 24.3 Å². The maximum Gasteiger partial charge on any atom is 0.227 e. The van der Waals surface area contributed by atoms with Gasteiger partial charge in [0.05, 0.1) is 0 Å². The maximum absolute atomic E-state index is 12.1. The predicted octanol–water partition coefficient (Wildman–Crippen LogP) is 4.03. The normalized spacial score (nSPS) is 10.6. The van der Waals surface area contributed by atoms with Crippen molar-refractivity contribution in [2.45, 2.75) is 12.8 Å². The number of halogens is 1. The molecule has 2 aromatic carbocycles. The van der Waals surface area contributed by atoms with Gasteiger partial charge in [-0.1, -0.05) is 28.9 Å². The molecule has 134 valence electrons. The van der Waals surface area contributed by atoms with Gasteiger partial charge in [0.2, 0.25) is 17.6 Å². The lowest BCUT2D eigenvalue weighted by molar-refractivity contribution is -0.116. The second-order valence-corrected chi connectivity index (χ2v) is 6.45. The molecule has 0 saturated heterocycles. The zero-order valence-corrected chi connectivity index (χ0v) is 15.3. The molecular formula is C19H19ClN4O2. The number of rotatable bonds is 6. The Morgan fingerprint density at radius 2 is 1.96 bits per heavy atom. The standard InChI is InChI=1S/C19H19ClN4O2/c1-24(2)16-8-6-15(7-9-16)21-17(25)10-11-18-22-19(23-26-18)13-4-3-5-14(20)12-13/h3-9,12H,10-11H2,1-2H3,(H,21,25). The quantitative estimate of drug-likeness (QED) is 0.709. The molecule has 0 bridgehead atoms. The largest absolute Gasteiger partial charge is 0.378 e. The number of aryl methyl sites for hydroxylation is 1. The molecule has 0 aliphatic rings. The molecule has 0 saturated carbocycles. The number of amides is 1. The fraction of sp³-hybridized carbons (Fsp3) is 0.211. The Hall–Kier alpha value is -2.86. The van der Waals surface area contributed by atoms with Crippen molar-refractivity contribution in [1.29, 1.82) is 0 Å². The van der Waals surface area contributed by atoms with Gasteiger partial charge in [0.25, 0.3) is 0 Å². The van der Waals surface area contributed by atoms with E-state index in [-0.39, 0.29) is 12.3 Å². The average molecular weight is 371 g/mol. The van der Waals surface area contributed by atoms with Crippen molar-refractivity contribution in [3.05, 3.63) is 59.4 Å². The van der Waals surface area contributed by atoms with Gasteiger partial charge in [-0.2, -0.15) is 4.98 Å². The molecule has 0 aliphatic carbocycles. The van der Waals surface area contributed by atoms with Crippen LogP contribution in [-0.4, -0.2) is 30.1 Å². The maximum atomic E-state index is 12.1. The van der Waals surface area contributed by atoms with Crippen molar-refractivity contribution >= 4 is 28.9 Å². The molecule has 0 fully saturated rings. The number of nitrogens with zero attached hydrogens (tertiary/aromatic N) is 3. The Labute approximate surface area is 156 Å². The van der Waals surface area contributed by atoms with Crippen LogP contribution < -0.4 is 10.2 Å². The van der Waals surface area contributed by atoms with Crippen molar-refractivity contribution in [3.63, 3.8) is 0 Å². The zero-order valence-electron chi connectivity index (χ0n) is 14.6. The Bertz CT molecular complexity index is 891. The molecule has 1 N–H and O–H groups in total. The number of hydrogen-bond donors (Lipinski definition) is 1. The molecule has 0 atom stereocenters. The third-order valence-electron chi connectivity index (χ3n) is 3.78. The lowest BCUT2D eigenvalue weighted by atomic mass is 10.2. The minimum atomic E-state index is -0.106. The van der Waals surface area contributed by atoms with E-state index in [2.05, 4.69) is 15.5 Å². The number of anilines is 2. The highest BCUT2D eigenvalue weighted by Gasteiger charge is 2.11. The summed E-state index contributed by atoms with van der Waals surface area (Å²) in [5.41, 5.74) is 2.60. The number of nitrogens with one attached hydrogen (secondary N) is 1. The van der Waals surface area contributed by atoms with Crippen LogP contribution in [0, 0.1) is 0 Å². The molecule has 1 amide bonds. The first-order valence-electron chi connectivity index (χ1n) is 8.17. The molecular weight excluding hydrogens is 352 g/mol. The molecule has 6 nitrogen and oxygen atoms in total. The van der Waals surface area contributed by atoms with Crippen molar-refractivity contribution in [1.82, 2.24) is 10.1 Å². The van der Waals surface area contributed by atoms with Crippen LogP contribution in [0.25, 0.3) is 11.4 Å². The van der Waals surface area contributed by atoms with Crippen LogP contribution in [0.4, 0.5) is 11.4 Å². The van der Waals surface area contributed by atoms with Gasteiger partial charge < -0.3 is 14.7 Å². The van der Waals surface area contributed by atoms with Gasteiger partial charge in [-0.25, -0.2) is 0 Å². The van der Waals surface area contributed by atoms with Crippen molar-refractivity contribution < 1.29 is 9.32 Å². The first-order valence-corrected chi connectivity index (χ1v) is 8.55. The summed E-state index contributed by atoms with van der Waals surface area (Å²) in [5, 5.41) is 7.40. The summed E-state index contributed by atoms with van der Waals surface area (Å²) in [6.07, 6.45) is 0.627. The highest BCUT2D eigenvalue weighted by atomic mass is 35.5. The van der Waals surface area contributed by atoms with Crippen LogP contribution in [0.2, 0.25) is 5.02 Å². The molecule has 1 heterocycles. The van der Waals surface area contributed by atoms with E-state index in [1.807, 2.05) is 55.4 Å². The minimum absolute atomic E-state index is 0.106. The van der Waals surface area contributed by atoms with E-state index < -0.39 is 0 Å². The number of aromatic nitrogens is 2. The van der Waals surface area contributed by atoms with Gasteiger partial charge in [-0.3, -0.25) is 4.79 Å². The fourth-order valence-corrected chi connectivity index (χ4v) is 2.58. The summed E-state index contributed by atoms with van der Waals surface area (Å²) in [5.74, 6) is 0.769. The van der Waals surface area contributed by atoms with E-state index >= 15 is 0 Å². The molecule has 0 unspecified atom stereocenters. The lowest BCUT2D eigenvalue weighted by Crippen LogP contribution is -2.13. The molecule has 26 heavy (non-hydrogen) atoms. The number of carbonyl (C=O) groups excluding carboxylic acids is 1. The SMILES string of the molecule is CN(C)c1ccc(NC(=O)CCc2nc(-c3cccc(Cl)c3)no2)cc1. The summed E-state index contributed by atoms with van der Waals surface area (Å²) < 4.78 is 5.21. The summed E-state index contributed by atoms with van der Waals surface area (Å²) in [6.45, 7) is 0. The van der Waals surface area contributed by atoms with Crippen LogP contribution in [-0.2, 0) is 11.2 Å². The van der Waals surface area contributed by atoms with Gasteiger partial charge in [0.15, 0.2) is 0 Å². The molecule has 7 heteroatoms. The second-order valence-electron chi connectivity index (χ2n) is 6.01. The highest BCUT2D eigenvalue weighted by Crippen LogP contribution is 2.20. The van der Waals surface area contributed by atoms with Crippen molar-refractivity contribution in [3.8, 4) is 11.4 Å². The van der Waals surface area contributed by atoms with Crippen LogP contribution in [0.1, 0.15) is 12.3 Å². The smallest absolute Gasteiger partial charge is 0.227 e. The van der Waals surface area contributed by atoms with E-state index in [4.69, 9.17) is 16.1 Å². The molecule has 1 aromatic heterocycles. The van der Waals surface area contributed by atoms with E-state index in [0.717, 1.165) is 16.9 Å². The highest BCUT2D eigenvalue weighted by molar-refractivity contribution is 6.30. The zero-order chi connectivity index (χ0) is 18.5. The third-order valence-corrected chi connectivity index (χ3v) is 4.02. The van der Waals surface area contributed by atoms with Gasteiger partial charge >= 0.3 is 0 Å². The summed E-state index contributed by atoms with van der Waals surface area (Å²) in [4.78, 5) is 18.4. The molecule has 3 rings (SSSR count). The average Bonchev–Trinajstić information content (AvgIpc) is 3.09. The van der Waals surface area contributed by atoms with Gasteiger partial charge in [-0.05, 0) is 36.4 Å². The van der Waals surface area contributed by atoms with Crippen molar-refractivity contribution in [2.24, 2.45) is 0 Å². The number of carbonyl (C=O) groups is 1. The Kier molecular flexibility index (Phi) is 5.53. The monoisotopic (exact) mass is 370 g/mol. The lowest BCUT2D eigenvalue weighted by Gasteiger charge is -2.12. The first-order chi connectivity index (χ1) is 12.5. The van der Waals surface area contributed by atoms with E-state index in [0.29, 0.717) is 23.2 Å². The van der Waals surface area contributed by atoms with E-state index in [1.54, 1.807) is 12.1 Å². The predicted molar refractivity (Wildman–Crippen MR) is 102 cm³/mol. The fourth-order valence-electron chi connectivity index (χ4n) is 2.39. The molecule has 0 aliphatic heterocycles. The van der Waals surface area contributed by atoms with E-state index in [9.17, 15) is 4.79 Å². The van der Waals surface area contributed by atoms with Crippen LogP contribution >= 0.6 is 11.6 Å². The number of benzene rings is 2. The van der Waals surface area contributed by atoms with Gasteiger partial charge in [0, 0.05) is 48.9 Å². The summed E-state index contributed by atoms with van der Waals surface area (Å²) >= 11 is 5.97. The van der Waals surface area contributed by atoms with Gasteiger partial charge in [0.1, 0.15) is 0 Å². The Morgan fingerprint density at radius 1 is 1.19 bits per heavy atom. The molecule has 0 spiro atoms. The Balaban J connectivity index is 1.55. The van der Waals surface area contributed by atoms with Crippen LogP contribution in [0.5, 0.6) is 0 Å². The van der Waals surface area contributed by atoms with Crippen LogP contribution in [0.15, 0.2) is 53.1 Å². The topological polar surface area (TPSA) is 71.3 Å². The van der Waals surface area contributed by atoms with Gasteiger partial charge in [-0.15, -0.1) is 0 Å². The second kappa shape index (κ2) is 8.01. The first kappa shape index (κ1) is 17.9. The third kappa shape index (κ3) is 4.61. The van der Waals surface area contributed by atoms with E-state index in [1.165, 1.54) is 0 Å². The van der Waals surface area contributed by atoms with Crippen LogP contribution in [0.3, 0.4) is 0 Å². The number of hydrogen-bond acceptors (Lipinski definition) is 5. The Morgan fingerprint density at radius 3 is 2.65 bits per heavy atom. The minimum Gasteiger partial charge on any atom is -0.378 e. The molecule has 3 aromatic rings.